The zero-order valence-electron chi connectivity index (χ0n) is 7.34. The molecule has 7 heteroatoms. The van der Waals surface area contributed by atoms with Gasteiger partial charge in [-0.25, -0.2) is 0 Å². The van der Waals surface area contributed by atoms with Crippen molar-refractivity contribution in [1.82, 2.24) is 4.98 Å². The minimum Gasteiger partial charge on any atom is -0.476 e. The topological polar surface area (TPSA) is 117 Å². The third-order valence-corrected chi connectivity index (χ3v) is 1.44. The van der Waals surface area contributed by atoms with Gasteiger partial charge >= 0.3 is 5.69 Å². The van der Waals surface area contributed by atoms with E-state index in [9.17, 15) is 10.1 Å². The molecule has 1 aromatic rings. The van der Waals surface area contributed by atoms with Crippen molar-refractivity contribution < 1.29 is 9.66 Å². The molecule has 7 nitrogen and oxygen atoms in total. The average Bonchev–Trinajstić information content (AvgIpc) is 2.14. The van der Waals surface area contributed by atoms with Gasteiger partial charge < -0.3 is 16.2 Å². The zero-order valence-corrected chi connectivity index (χ0v) is 7.34. The maximum Gasteiger partial charge on any atom is 0.311 e. The van der Waals surface area contributed by atoms with E-state index in [1.54, 1.807) is 0 Å². The first kappa shape index (κ1) is 10.2. The largest absolute Gasteiger partial charge is 0.476 e. The molecule has 14 heavy (non-hydrogen) atoms. The molecule has 0 aliphatic rings. The molecule has 0 spiro atoms. The van der Waals surface area contributed by atoms with Crippen LogP contribution in [0.5, 0.6) is 5.88 Å². The van der Waals surface area contributed by atoms with Crippen molar-refractivity contribution >= 4 is 11.5 Å². The van der Waals surface area contributed by atoms with Crippen molar-refractivity contribution in [2.45, 2.75) is 0 Å². The predicted molar refractivity (Wildman–Crippen MR) is 49.9 cm³/mol. The molecule has 0 aromatic carbocycles. The summed E-state index contributed by atoms with van der Waals surface area (Å²) in [5, 5.41) is 10.4. The number of nitrogens with zero attached hydrogens (tertiary/aromatic N) is 2. The van der Waals surface area contributed by atoms with Gasteiger partial charge in [0.05, 0.1) is 4.92 Å². The average molecular weight is 198 g/mol. The maximum absolute atomic E-state index is 10.4. The van der Waals surface area contributed by atoms with Gasteiger partial charge in [0.15, 0.2) is 0 Å². The standard InChI is InChI=1S/C7H10N4O3/c8-3-4-14-6-2-1-5(11(12)13)7(9)10-6/h1-2H,3-4,8H2,(H2,9,10). The fourth-order valence-electron chi connectivity index (χ4n) is 0.847. The number of ether oxygens (including phenoxy) is 1. The summed E-state index contributed by atoms with van der Waals surface area (Å²) in [7, 11) is 0. The van der Waals surface area contributed by atoms with Gasteiger partial charge in [-0.1, -0.05) is 0 Å². The van der Waals surface area contributed by atoms with Crippen LogP contribution < -0.4 is 16.2 Å². The van der Waals surface area contributed by atoms with Crippen LogP contribution in [-0.4, -0.2) is 23.1 Å². The van der Waals surface area contributed by atoms with Crippen LogP contribution in [0.25, 0.3) is 0 Å². The normalized spacial score (nSPS) is 9.79. The lowest BCUT2D eigenvalue weighted by Crippen LogP contribution is -2.11. The van der Waals surface area contributed by atoms with Crippen LogP contribution in [0.15, 0.2) is 12.1 Å². The van der Waals surface area contributed by atoms with Crippen LogP contribution in [0.1, 0.15) is 0 Å². The van der Waals surface area contributed by atoms with Gasteiger partial charge in [-0.15, -0.1) is 0 Å². The summed E-state index contributed by atoms with van der Waals surface area (Å²) in [6, 6.07) is 2.62. The summed E-state index contributed by atoms with van der Waals surface area (Å²) in [4.78, 5) is 13.5. The number of rotatable bonds is 4. The van der Waals surface area contributed by atoms with E-state index in [0.29, 0.717) is 13.2 Å². The summed E-state index contributed by atoms with van der Waals surface area (Å²) in [6.07, 6.45) is 0. The third-order valence-electron chi connectivity index (χ3n) is 1.44. The van der Waals surface area contributed by atoms with E-state index in [2.05, 4.69) is 4.98 Å². The zero-order chi connectivity index (χ0) is 10.6. The SMILES string of the molecule is NCCOc1ccc([N+](=O)[O-])c(N)n1. The quantitative estimate of drug-likeness (QED) is 0.515. The number of hydrogen-bond donors (Lipinski definition) is 2. The molecule has 0 bridgehead atoms. The molecule has 0 saturated carbocycles. The van der Waals surface area contributed by atoms with Crippen molar-refractivity contribution in [1.29, 1.82) is 0 Å². The van der Waals surface area contributed by atoms with Gasteiger partial charge in [0, 0.05) is 18.7 Å². The number of anilines is 1. The predicted octanol–water partition coefficient (Wildman–Crippen LogP) is -0.0905. The summed E-state index contributed by atoms with van der Waals surface area (Å²) < 4.78 is 5.03. The second-order valence-corrected chi connectivity index (χ2v) is 2.45. The molecule has 0 aliphatic heterocycles. The molecule has 0 atom stereocenters. The first-order chi connectivity index (χ1) is 6.65. The second-order valence-electron chi connectivity index (χ2n) is 2.45. The number of pyridine rings is 1. The fraction of sp³-hybridized carbons (Fsp3) is 0.286. The number of nitro groups is 1. The molecule has 0 radical (unpaired) electrons. The Morgan fingerprint density at radius 1 is 1.57 bits per heavy atom. The molecule has 1 rings (SSSR count). The molecule has 0 amide bonds. The van der Waals surface area contributed by atoms with Crippen molar-refractivity contribution in [2.75, 3.05) is 18.9 Å². The summed E-state index contributed by atoms with van der Waals surface area (Å²) in [6.45, 7) is 0.642. The first-order valence-electron chi connectivity index (χ1n) is 3.89. The Hall–Kier alpha value is -1.89. The lowest BCUT2D eigenvalue weighted by atomic mass is 10.4. The van der Waals surface area contributed by atoms with E-state index in [1.165, 1.54) is 12.1 Å². The Kier molecular flexibility index (Phi) is 3.19. The molecular formula is C7H10N4O3. The van der Waals surface area contributed by atoms with Gasteiger partial charge in [-0.2, -0.15) is 4.98 Å². The van der Waals surface area contributed by atoms with Crippen molar-refractivity contribution in [2.24, 2.45) is 5.73 Å². The van der Waals surface area contributed by atoms with Gasteiger partial charge in [0.2, 0.25) is 11.7 Å². The third kappa shape index (κ3) is 2.30. The van der Waals surface area contributed by atoms with E-state index < -0.39 is 4.92 Å². The number of nitrogens with two attached hydrogens (primary N) is 2. The molecule has 1 aromatic heterocycles. The van der Waals surface area contributed by atoms with Crippen LogP contribution in [0.2, 0.25) is 0 Å². The van der Waals surface area contributed by atoms with E-state index in [1.807, 2.05) is 0 Å². The van der Waals surface area contributed by atoms with Crippen LogP contribution in [-0.2, 0) is 0 Å². The highest BCUT2D eigenvalue weighted by Gasteiger charge is 2.12. The highest BCUT2D eigenvalue weighted by atomic mass is 16.6. The highest BCUT2D eigenvalue weighted by molar-refractivity contribution is 5.53. The molecule has 1 heterocycles. The Morgan fingerprint density at radius 3 is 2.79 bits per heavy atom. The smallest absolute Gasteiger partial charge is 0.311 e. The summed E-state index contributed by atoms with van der Waals surface area (Å²) >= 11 is 0. The second kappa shape index (κ2) is 4.38. The van der Waals surface area contributed by atoms with Crippen molar-refractivity contribution in [3.8, 4) is 5.88 Å². The Labute approximate surface area is 79.8 Å². The number of nitrogen functional groups attached to an aromatic ring is 1. The van der Waals surface area contributed by atoms with Gasteiger partial charge in [-0.05, 0) is 0 Å². The minimum absolute atomic E-state index is 0.162. The lowest BCUT2D eigenvalue weighted by Gasteiger charge is -2.03. The molecule has 76 valence electrons. The van der Waals surface area contributed by atoms with Crippen LogP contribution in [0.3, 0.4) is 0 Å². The summed E-state index contributed by atoms with van der Waals surface area (Å²) in [5.74, 6) is 0.0723. The van der Waals surface area contributed by atoms with Crippen LogP contribution in [0, 0.1) is 10.1 Å². The molecule has 4 N–H and O–H groups in total. The van der Waals surface area contributed by atoms with E-state index in [-0.39, 0.29) is 17.4 Å². The Morgan fingerprint density at radius 2 is 2.29 bits per heavy atom. The number of hydrogen-bond acceptors (Lipinski definition) is 6. The van der Waals surface area contributed by atoms with Gasteiger partial charge in [0.25, 0.3) is 0 Å². The lowest BCUT2D eigenvalue weighted by molar-refractivity contribution is -0.384. The van der Waals surface area contributed by atoms with E-state index in [4.69, 9.17) is 16.2 Å². The molecule has 0 aliphatic carbocycles. The molecule has 0 unspecified atom stereocenters. The Bertz CT molecular complexity index is 342. The van der Waals surface area contributed by atoms with Crippen molar-refractivity contribution in [3.05, 3.63) is 22.2 Å². The van der Waals surface area contributed by atoms with Gasteiger partial charge in [-0.3, -0.25) is 10.1 Å². The van der Waals surface area contributed by atoms with Crippen LogP contribution in [0.4, 0.5) is 11.5 Å². The maximum atomic E-state index is 10.4. The molecule has 0 saturated heterocycles. The first-order valence-corrected chi connectivity index (χ1v) is 3.89. The van der Waals surface area contributed by atoms with E-state index in [0.717, 1.165) is 0 Å². The minimum atomic E-state index is -0.602. The monoisotopic (exact) mass is 198 g/mol. The van der Waals surface area contributed by atoms with Gasteiger partial charge in [0.1, 0.15) is 6.61 Å². The molecular weight excluding hydrogens is 188 g/mol. The van der Waals surface area contributed by atoms with Crippen LogP contribution >= 0.6 is 0 Å². The molecule has 0 fully saturated rings. The Balaban J connectivity index is 2.83. The summed E-state index contributed by atoms with van der Waals surface area (Å²) in [5.41, 5.74) is 10.3. The van der Waals surface area contributed by atoms with E-state index >= 15 is 0 Å². The van der Waals surface area contributed by atoms with Crippen molar-refractivity contribution in [3.63, 3.8) is 0 Å². The highest BCUT2D eigenvalue weighted by Crippen LogP contribution is 2.21. The number of aromatic nitrogens is 1. The fourth-order valence-corrected chi connectivity index (χ4v) is 0.847.